The number of aliphatic hydroxyl groups is 1. The first-order chi connectivity index (χ1) is 8.16. The second-order valence-electron chi connectivity index (χ2n) is 4.23. The molecule has 0 amide bonds. The van der Waals surface area contributed by atoms with Crippen LogP contribution in [0.1, 0.15) is 12.5 Å². The Labute approximate surface area is 101 Å². The Kier molecular flexibility index (Phi) is 3.55. The third-order valence-electron chi connectivity index (χ3n) is 2.65. The van der Waals surface area contributed by atoms with Gasteiger partial charge in [0, 0.05) is 5.56 Å². The zero-order valence-electron chi connectivity index (χ0n) is 9.73. The number of benzene rings is 2. The summed E-state index contributed by atoms with van der Waals surface area (Å²) in [4.78, 5) is 0. The van der Waals surface area contributed by atoms with Crippen molar-refractivity contribution < 1.29 is 9.50 Å². The lowest BCUT2D eigenvalue weighted by atomic mass is 10.00. The van der Waals surface area contributed by atoms with Gasteiger partial charge in [-0.25, -0.2) is 4.39 Å². The topological polar surface area (TPSA) is 20.2 Å². The lowest BCUT2D eigenvalue weighted by molar-refractivity contribution is 0.195. The Morgan fingerprint density at radius 3 is 2.47 bits per heavy atom. The average molecular weight is 230 g/mol. The Morgan fingerprint density at radius 1 is 1.12 bits per heavy atom. The second kappa shape index (κ2) is 5.11. The normalized spacial score (nSPS) is 12.4. The summed E-state index contributed by atoms with van der Waals surface area (Å²) >= 11 is 0. The second-order valence-corrected chi connectivity index (χ2v) is 4.23. The van der Waals surface area contributed by atoms with Crippen LogP contribution in [0.3, 0.4) is 0 Å². The van der Waals surface area contributed by atoms with Gasteiger partial charge in [0.25, 0.3) is 0 Å². The van der Waals surface area contributed by atoms with Gasteiger partial charge in [0.1, 0.15) is 5.82 Å². The van der Waals surface area contributed by atoms with Crippen LogP contribution < -0.4 is 0 Å². The molecule has 2 rings (SSSR count). The maximum atomic E-state index is 13.7. The third kappa shape index (κ3) is 2.92. The van der Waals surface area contributed by atoms with Gasteiger partial charge in [0.05, 0.1) is 6.10 Å². The molecular weight excluding hydrogens is 215 g/mol. The molecule has 0 radical (unpaired) electrons. The number of rotatable bonds is 3. The molecule has 0 aliphatic heterocycles. The minimum atomic E-state index is -0.413. The monoisotopic (exact) mass is 230 g/mol. The van der Waals surface area contributed by atoms with Crippen molar-refractivity contribution >= 4 is 0 Å². The highest BCUT2D eigenvalue weighted by molar-refractivity contribution is 5.64. The predicted octanol–water partition coefficient (Wildman–Crippen LogP) is 3.42. The fourth-order valence-electron chi connectivity index (χ4n) is 1.88. The van der Waals surface area contributed by atoms with Crippen LogP contribution in [0.15, 0.2) is 48.5 Å². The van der Waals surface area contributed by atoms with E-state index in [2.05, 4.69) is 0 Å². The highest BCUT2D eigenvalue weighted by atomic mass is 19.1. The largest absolute Gasteiger partial charge is 0.393 e. The van der Waals surface area contributed by atoms with Gasteiger partial charge in [0.15, 0.2) is 0 Å². The van der Waals surface area contributed by atoms with Gasteiger partial charge < -0.3 is 5.11 Å². The molecule has 2 heteroatoms. The highest BCUT2D eigenvalue weighted by Crippen LogP contribution is 2.24. The maximum absolute atomic E-state index is 13.7. The SMILES string of the molecule is CC(O)Cc1ccc(F)c(-c2ccccc2)c1. The van der Waals surface area contributed by atoms with Crippen LogP contribution >= 0.6 is 0 Å². The summed E-state index contributed by atoms with van der Waals surface area (Å²) in [5.41, 5.74) is 2.39. The van der Waals surface area contributed by atoms with Crippen molar-refractivity contribution in [2.75, 3.05) is 0 Å². The minimum Gasteiger partial charge on any atom is -0.393 e. The maximum Gasteiger partial charge on any atom is 0.131 e. The first-order valence-corrected chi connectivity index (χ1v) is 5.69. The summed E-state index contributed by atoms with van der Waals surface area (Å²) in [6.07, 6.45) is 0.129. The molecule has 1 nitrogen and oxygen atoms in total. The van der Waals surface area contributed by atoms with E-state index >= 15 is 0 Å². The standard InChI is InChI=1S/C15H15FO/c1-11(17)9-12-7-8-15(16)14(10-12)13-5-3-2-4-6-13/h2-8,10-11,17H,9H2,1H3. The average Bonchev–Trinajstić information content (AvgIpc) is 2.32. The van der Waals surface area contributed by atoms with Crippen molar-refractivity contribution in [2.24, 2.45) is 0 Å². The van der Waals surface area contributed by atoms with E-state index in [1.54, 1.807) is 19.1 Å². The molecule has 1 atom stereocenters. The van der Waals surface area contributed by atoms with E-state index in [0.717, 1.165) is 11.1 Å². The molecule has 0 aliphatic carbocycles. The van der Waals surface area contributed by atoms with Crippen LogP contribution in [0.25, 0.3) is 11.1 Å². The zero-order chi connectivity index (χ0) is 12.3. The molecule has 17 heavy (non-hydrogen) atoms. The molecule has 0 bridgehead atoms. The molecule has 0 heterocycles. The summed E-state index contributed by atoms with van der Waals surface area (Å²) < 4.78 is 13.7. The number of hydrogen-bond acceptors (Lipinski definition) is 1. The van der Waals surface area contributed by atoms with E-state index in [9.17, 15) is 9.50 Å². The Morgan fingerprint density at radius 2 is 1.82 bits per heavy atom. The lowest BCUT2D eigenvalue weighted by Gasteiger charge is -2.08. The molecule has 0 aliphatic rings. The fraction of sp³-hybridized carbons (Fsp3) is 0.200. The van der Waals surface area contributed by atoms with Crippen LogP contribution in [0.2, 0.25) is 0 Å². The first kappa shape index (κ1) is 11.8. The van der Waals surface area contributed by atoms with Gasteiger partial charge in [0.2, 0.25) is 0 Å². The quantitative estimate of drug-likeness (QED) is 0.856. The summed E-state index contributed by atoms with van der Waals surface area (Å²) in [6, 6.07) is 14.4. The van der Waals surface area contributed by atoms with E-state index in [0.29, 0.717) is 12.0 Å². The van der Waals surface area contributed by atoms with E-state index in [4.69, 9.17) is 0 Å². The molecule has 0 fully saturated rings. The van der Waals surface area contributed by atoms with Crippen molar-refractivity contribution in [3.8, 4) is 11.1 Å². The molecular formula is C15H15FO. The molecule has 1 unspecified atom stereocenters. The van der Waals surface area contributed by atoms with Gasteiger partial charge in [-0.3, -0.25) is 0 Å². The number of aliphatic hydroxyl groups excluding tert-OH is 1. The molecule has 0 saturated carbocycles. The van der Waals surface area contributed by atoms with Gasteiger partial charge in [-0.15, -0.1) is 0 Å². The van der Waals surface area contributed by atoms with Crippen molar-refractivity contribution in [3.05, 3.63) is 59.9 Å². The van der Waals surface area contributed by atoms with Gasteiger partial charge in [-0.1, -0.05) is 36.4 Å². The van der Waals surface area contributed by atoms with Crippen LogP contribution in [0.5, 0.6) is 0 Å². The zero-order valence-corrected chi connectivity index (χ0v) is 9.73. The van der Waals surface area contributed by atoms with Crippen molar-refractivity contribution in [1.82, 2.24) is 0 Å². The summed E-state index contributed by atoms with van der Waals surface area (Å²) in [6.45, 7) is 1.73. The molecule has 2 aromatic carbocycles. The number of hydrogen-bond donors (Lipinski definition) is 1. The lowest BCUT2D eigenvalue weighted by Crippen LogP contribution is -2.04. The Bertz CT molecular complexity index is 492. The van der Waals surface area contributed by atoms with E-state index in [1.807, 2.05) is 30.3 Å². The number of halogens is 1. The molecule has 88 valence electrons. The molecule has 1 N–H and O–H groups in total. The van der Waals surface area contributed by atoms with Crippen LogP contribution in [-0.4, -0.2) is 11.2 Å². The van der Waals surface area contributed by atoms with Gasteiger partial charge >= 0.3 is 0 Å². The molecule has 0 aromatic heterocycles. The molecule has 2 aromatic rings. The first-order valence-electron chi connectivity index (χ1n) is 5.69. The van der Waals surface area contributed by atoms with Crippen LogP contribution in [0, 0.1) is 5.82 Å². The Balaban J connectivity index is 2.40. The van der Waals surface area contributed by atoms with Gasteiger partial charge in [-0.2, -0.15) is 0 Å². The Hall–Kier alpha value is -1.67. The fourth-order valence-corrected chi connectivity index (χ4v) is 1.88. The summed E-state index contributed by atoms with van der Waals surface area (Å²) in [5.74, 6) is -0.231. The van der Waals surface area contributed by atoms with Crippen molar-refractivity contribution in [2.45, 2.75) is 19.4 Å². The smallest absolute Gasteiger partial charge is 0.131 e. The van der Waals surface area contributed by atoms with Gasteiger partial charge in [-0.05, 0) is 36.6 Å². The molecule has 0 saturated heterocycles. The van der Waals surface area contributed by atoms with Crippen molar-refractivity contribution in [1.29, 1.82) is 0 Å². The summed E-state index contributed by atoms with van der Waals surface area (Å²) in [5, 5.41) is 9.34. The van der Waals surface area contributed by atoms with Crippen LogP contribution in [0.4, 0.5) is 4.39 Å². The minimum absolute atomic E-state index is 0.231. The summed E-state index contributed by atoms with van der Waals surface area (Å²) in [7, 11) is 0. The van der Waals surface area contributed by atoms with Crippen LogP contribution in [-0.2, 0) is 6.42 Å². The van der Waals surface area contributed by atoms with Crippen molar-refractivity contribution in [3.63, 3.8) is 0 Å². The van der Waals surface area contributed by atoms with E-state index < -0.39 is 6.10 Å². The highest BCUT2D eigenvalue weighted by Gasteiger charge is 2.07. The molecule has 0 spiro atoms. The predicted molar refractivity (Wildman–Crippen MR) is 67.2 cm³/mol. The van der Waals surface area contributed by atoms with E-state index in [-0.39, 0.29) is 5.82 Å². The van der Waals surface area contributed by atoms with E-state index in [1.165, 1.54) is 6.07 Å². The third-order valence-corrected chi connectivity index (χ3v) is 2.65.